The first kappa shape index (κ1) is 16.1. The molecule has 8 heteroatoms. The Kier molecular flexibility index (Phi) is 6.34. The Bertz CT molecular complexity index is 585. The molecular weight excluding hydrogens is 324 g/mol. The third-order valence-electron chi connectivity index (χ3n) is 2.34. The summed E-state index contributed by atoms with van der Waals surface area (Å²) in [5.41, 5.74) is 6.33. The number of amides is 1. The number of aromatic nitrogens is 2. The second-order valence-corrected chi connectivity index (χ2v) is 7.00. The largest absolute Gasteiger partial charge is 0.399 e. The molecule has 2 rings (SSSR count). The van der Waals surface area contributed by atoms with Crippen LogP contribution in [-0.2, 0) is 4.79 Å². The fraction of sp³-hybridized carbons (Fsp3) is 0.308. The van der Waals surface area contributed by atoms with E-state index in [0.717, 1.165) is 27.9 Å². The van der Waals surface area contributed by atoms with Gasteiger partial charge in [0, 0.05) is 27.9 Å². The zero-order valence-corrected chi connectivity index (χ0v) is 14.0. The number of carbonyl (C=O) groups excluding carboxylic acids is 1. The number of rotatable bonds is 7. The number of benzene rings is 1. The monoisotopic (exact) mass is 340 g/mol. The Morgan fingerprint density at radius 1 is 1.33 bits per heavy atom. The number of anilines is 2. The van der Waals surface area contributed by atoms with E-state index in [2.05, 4.69) is 21.6 Å². The van der Waals surface area contributed by atoms with Crippen molar-refractivity contribution in [2.24, 2.45) is 0 Å². The highest BCUT2D eigenvalue weighted by Gasteiger charge is 2.08. The summed E-state index contributed by atoms with van der Waals surface area (Å²) in [6, 6.07) is 7.44. The molecule has 0 aliphatic carbocycles. The Morgan fingerprint density at radius 2 is 2.10 bits per heavy atom. The van der Waals surface area contributed by atoms with E-state index < -0.39 is 0 Å². The summed E-state index contributed by atoms with van der Waals surface area (Å²) in [6.07, 6.45) is 1.07. The number of thioether (sulfide) groups is 2. The zero-order chi connectivity index (χ0) is 15.1. The lowest BCUT2D eigenvalue weighted by atomic mass is 10.3. The van der Waals surface area contributed by atoms with Gasteiger partial charge in [-0.25, -0.2) is 0 Å². The molecule has 0 unspecified atom stereocenters. The number of nitrogens with zero attached hydrogens (tertiary/aromatic N) is 2. The predicted molar refractivity (Wildman–Crippen MR) is 91.1 cm³/mol. The second kappa shape index (κ2) is 8.26. The number of hydrogen-bond acceptors (Lipinski definition) is 7. The van der Waals surface area contributed by atoms with E-state index in [4.69, 9.17) is 5.73 Å². The fourth-order valence-electron chi connectivity index (χ4n) is 1.38. The van der Waals surface area contributed by atoms with Crippen molar-refractivity contribution in [1.29, 1.82) is 0 Å². The molecule has 0 spiro atoms. The van der Waals surface area contributed by atoms with Crippen LogP contribution < -0.4 is 11.1 Å². The van der Waals surface area contributed by atoms with Gasteiger partial charge in [0.25, 0.3) is 0 Å². The lowest BCUT2D eigenvalue weighted by Crippen LogP contribution is -2.13. The molecule has 2 aromatic rings. The smallest absolute Gasteiger partial charge is 0.236 e. The average Bonchev–Trinajstić information content (AvgIpc) is 2.92. The van der Waals surface area contributed by atoms with E-state index in [0.29, 0.717) is 10.9 Å². The van der Waals surface area contributed by atoms with Gasteiger partial charge in [-0.15, -0.1) is 11.8 Å². The molecule has 5 nitrogen and oxygen atoms in total. The van der Waals surface area contributed by atoms with Crippen LogP contribution in [0.3, 0.4) is 0 Å². The summed E-state index contributed by atoms with van der Waals surface area (Å²) in [7, 11) is 0. The van der Waals surface area contributed by atoms with E-state index in [1.54, 1.807) is 11.8 Å². The van der Waals surface area contributed by atoms with E-state index in [9.17, 15) is 4.79 Å². The molecule has 21 heavy (non-hydrogen) atoms. The summed E-state index contributed by atoms with van der Waals surface area (Å²) in [5, 5.41) is 4.05. The van der Waals surface area contributed by atoms with Crippen molar-refractivity contribution >= 4 is 51.8 Å². The number of hydrogen-bond donors (Lipinski definition) is 2. The molecule has 3 N–H and O–H groups in total. The Balaban J connectivity index is 1.78. The summed E-state index contributed by atoms with van der Waals surface area (Å²) in [4.78, 5) is 17.1. The molecule has 0 radical (unpaired) electrons. The normalized spacial score (nSPS) is 10.5. The van der Waals surface area contributed by atoms with Crippen LogP contribution in [0.2, 0.25) is 0 Å². The highest BCUT2D eigenvalue weighted by atomic mass is 32.2. The minimum absolute atomic E-state index is 0.0833. The van der Waals surface area contributed by atoms with E-state index in [1.807, 2.05) is 24.3 Å². The van der Waals surface area contributed by atoms with Gasteiger partial charge in [-0.2, -0.15) is 9.36 Å². The zero-order valence-electron chi connectivity index (χ0n) is 11.5. The van der Waals surface area contributed by atoms with Crippen LogP contribution in [-0.4, -0.2) is 26.8 Å². The molecule has 0 aliphatic rings. The molecule has 1 amide bonds. The minimum Gasteiger partial charge on any atom is -0.399 e. The maximum absolute atomic E-state index is 11.9. The van der Waals surface area contributed by atoms with Crippen molar-refractivity contribution in [3.63, 3.8) is 0 Å². The van der Waals surface area contributed by atoms with Crippen molar-refractivity contribution in [3.05, 3.63) is 24.3 Å². The van der Waals surface area contributed by atoms with Gasteiger partial charge in [0.2, 0.25) is 16.2 Å². The van der Waals surface area contributed by atoms with Gasteiger partial charge < -0.3 is 5.73 Å². The first-order valence-electron chi connectivity index (χ1n) is 6.42. The van der Waals surface area contributed by atoms with Crippen LogP contribution in [0, 0.1) is 0 Å². The van der Waals surface area contributed by atoms with Gasteiger partial charge in [-0.1, -0.05) is 18.7 Å². The van der Waals surface area contributed by atoms with Gasteiger partial charge in [-0.05, 0) is 30.7 Å². The molecule has 112 valence electrons. The maximum atomic E-state index is 11.9. The molecule has 0 saturated heterocycles. The van der Waals surface area contributed by atoms with Crippen molar-refractivity contribution in [2.75, 3.05) is 22.6 Å². The first-order chi connectivity index (χ1) is 10.2. The lowest BCUT2D eigenvalue weighted by Gasteiger charge is -2.02. The van der Waals surface area contributed by atoms with Crippen LogP contribution in [0.25, 0.3) is 0 Å². The minimum atomic E-state index is -0.0833. The molecule has 1 aromatic carbocycles. The average molecular weight is 340 g/mol. The van der Waals surface area contributed by atoms with E-state index in [1.165, 1.54) is 23.3 Å². The summed E-state index contributed by atoms with van der Waals surface area (Å²) >= 11 is 4.27. The van der Waals surface area contributed by atoms with Crippen molar-refractivity contribution in [1.82, 2.24) is 9.36 Å². The first-order valence-corrected chi connectivity index (χ1v) is 9.16. The Hall–Kier alpha value is -1.25. The standard InChI is InChI=1S/C13H16N4OS3/c1-2-7-19-13-16-12(21-17-13)15-11(18)8-20-10-5-3-9(14)4-6-10/h3-6H,2,7-8,14H2,1H3,(H,15,16,17,18). The molecule has 0 atom stereocenters. The molecule has 0 aliphatic heterocycles. The van der Waals surface area contributed by atoms with Gasteiger partial charge in [0.1, 0.15) is 0 Å². The van der Waals surface area contributed by atoms with Crippen molar-refractivity contribution in [2.45, 2.75) is 23.4 Å². The summed E-state index contributed by atoms with van der Waals surface area (Å²) in [5.74, 6) is 1.23. The molecule has 0 fully saturated rings. The SMILES string of the molecule is CCCSc1nsc(NC(=O)CSc2ccc(N)cc2)n1. The Morgan fingerprint density at radius 3 is 2.81 bits per heavy atom. The lowest BCUT2D eigenvalue weighted by molar-refractivity contribution is -0.113. The Labute approximate surface area is 136 Å². The van der Waals surface area contributed by atoms with Crippen LogP contribution in [0.15, 0.2) is 34.3 Å². The fourth-order valence-corrected chi connectivity index (χ4v) is 3.49. The number of nitrogens with two attached hydrogens (primary N) is 1. The third kappa shape index (κ3) is 5.56. The van der Waals surface area contributed by atoms with Gasteiger partial charge >= 0.3 is 0 Å². The molecular formula is C13H16N4OS3. The molecule has 1 aromatic heterocycles. The number of carbonyl (C=O) groups is 1. The summed E-state index contributed by atoms with van der Waals surface area (Å²) < 4.78 is 4.19. The maximum Gasteiger partial charge on any atom is 0.236 e. The molecule has 0 bridgehead atoms. The summed E-state index contributed by atoms with van der Waals surface area (Å²) in [6.45, 7) is 2.11. The molecule has 1 heterocycles. The quantitative estimate of drug-likeness (QED) is 0.594. The van der Waals surface area contributed by atoms with Gasteiger partial charge in [0.05, 0.1) is 5.75 Å². The topological polar surface area (TPSA) is 80.9 Å². The molecule has 0 saturated carbocycles. The highest BCUT2D eigenvalue weighted by molar-refractivity contribution is 8.00. The highest BCUT2D eigenvalue weighted by Crippen LogP contribution is 2.22. The van der Waals surface area contributed by atoms with E-state index >= 15 is 0 Å². The van der Waals surface area contributed by atoms with Crippen molar-refractivity contribution in [3.8, 4) is 0 Å². The van der Waals surface area contributed by atoms with Crippen LogP contribution in [0.1, 0.15) is 13.3 Å². The second-order valence-electron chi connectivity index (χ2n) is 4.14. The third-order valence-corrected chi connectivity index (χ3v) is 5.15. The van der Waals surface area contributed by atoms with Gasteiger partial charge in [0.15, 0.2) is 0 Å². The van der Waals surface area contributed by atoms with Gasteiger partial charge in [-0.3, -0.25) is 10.1 Å². The number of nitrogens with one attached hydrogen (secondary N) is 1. The van der Waals surface area contributed by atoms with Crippen LogP contribution in [0.5, 0.6) is 0 Å². The van der Waals surface area contributed by atoms with Crippen LogP contribution >= 0.6 is 35.1 Å². The number of nitrogen functional groups attached to an aromatic ring is 1. The van der Waals surface area contributed by atoms with Crippen molar-refractivity contribution < 1.29 is 4.79 Å². The predicted octanol–water partition coefficient (Wildman–Crippen LogP) is 3.35. The van der Waals surface area contributed by atoms with Crippen LogP contribution in [0.4, 0.5) is 10.8 Å². The van der Waals surface area contributed by atoms with E-state index in [-0.39, 0.29) is 5.91 Å².